The van der Waals surface area contributed by atoms with Crippen molar-refractivity contribution in [2.75, 3.05) is 0 Å². The van der Waals surface area contributed by atoms with Gasteiger partial charge in [-0.05, 0) is 24.1 Å². The van der Waals surface area contributed by atoms with Gasteiger partial charge in [0.2, 0.25) is 0 Å². The summed E-state index contributed by atoms with van der Waals surface area (Å²) in [5, 5.41) is 1.25. The van der Waals surface area contributed by atoms with Crippen molar-refractivity contribution in [2.45, 2.75) is 6.42 Å². The van der Waals surface area contributed by atoms with E-state index in [1.54, 1.807) is 6.07 Å². The monoisotopic (exact) mass is 244 g/mol. The number of fused-ring (bicyclic) bond motifs is 1. The first kappa shape index (κ1) is 10.4. The van der Waals surface area contributed by atoms with Crippen molar-refractivity contribution >= 4 is 28.1 Å². The predicted octanol–water partition coefficient (Wildman–Crippen LogP) is 3.79. The minimum atomic E-state index is -0.372. The molecule has 84 valence electrons. The van der Waals surface area contributed by atoms with Crippen LogP contribution in [-0.2, 0) is 0 Å². The molecule has 1 aromatic carbocycles. The van der Waals surface area contributed by atoms with Crippen molar-refractivity contribution in [1.29, 1.82) is 0 Å². The smallest absolute Gasteiger partial charge is 0.345 e. The van der Waals surface area contributed by atoms with E-state index >= 15 is 0 Å². The molecule has 1 aromatic heterocycles. The summed E-state index contributed by atoms with van der Waals surface area (Å²) in [6, 6.07) is 7.29. The van der Waals surface area contributed by atoms with Crippen LogP contribution in [0, 0.1) is 0 Å². The summed E-state index contributed by atoms with van der Waals surface area (Å²) in [5.74, 6) is 0. The highest BCUT2D eigenvalue weighted by Gasteiger charge is 2.16. The molecule has 0 unspecified atom stereocenters. The lowest BCUT2D eigenvalue weighted by atomic mass is 10.1. The van der Waals surface area contributed by atoms with Gasteiger partial charge < -0.3 is 4.42 Å². The Balaban J connectivity index is 2.36. The van der Waals surface area contributed by atoms with E-state index in [1.807, 2.05) is 36.4 Å². The van der Waals surface area contributed by atoms with Crippen molar-refractivity contribution < 1.29 is 4.42 Å². The average Bonchev–Trinajstić information content (AvgIpc) is 2.83. The first-order valence-electron chi connectivity index (χ1n) is 5.35. The molecule has 1 aliphatic carbocycles. The molecule has 0 radical (unpaired) electrons. The average molecular weight is 245 g/mol. The Morgan fingerprint density at radius 2 is 2.06 bits per heavy atom. The minimum absolute atomic E-state index is 0.372. The summed E-state index contributed by atoms with van der Waals surface area (Å²) in [6.07, 6.45) is 6.52. The van der Waals surface area contributed by atoms with Gasteiger partial charge in [0.1, 0.15) is 5.58 Å². The second-order valence-corrected chi connectivity index (χ2v) is 4.28. The Morgan fingerprint density at radius 3 is 2.82 bits per heavy atom. The Labute approximate surface area is 103 Å². The summed E-state index contributed by atoms with van der Waals surface area (Å²) in [4.78, 5) is 11.9. The summed E-state index contributed by atoms with van der Waals surface area (Å²) >= 11 is 6.30. The standard InChI is InChI=1S/C14H9ClO2/c15-13-10-7-3-4-8-11(10)17-14(16)12(13)9-5-1-2-6-9/h1-5,7-8H,6H2. The molecule has 2 nitrogen and oxygen atoms in total. The van der Waals surface area contributed by atoms with Crippen LogP contribution in [0.5, 0.6) is 0 Å². The molecule has 0 fully saturated rings. The quantitative estimate of drug-likeness (QED) is 0.715. The molecule has 17 heavy (non-hydrogen) atoms. The number of para-hydroxylation sites is 1. The fourth-order valence-electron chi connectivity index (χ4n) is 2.02. The summed E-state index contributed by atoms with van der Waals surface area (Å²) in [5.41, 5.74) is 1.55. The van der Waals surface area contributed by atoms with Crippen LogP contribution in [0.4, 0.5) is 0 Å². The third-order valence-corrected chi connectivity index (χ3v) is 3.23. The summed E-state index contributed by atoms with van der Waals surface area (Å²) in [7, 11) is 0. The molecule has 3 heteroatoms. The van der Waals surface area contributed by atoms with Crippen molar-refractivity contribution in [3.63, 3.8) is 0 Å². The number of benzene rings is 1. The van der Waals surface area contributed by atoms with Crippen LogP contribution >= 0.6 is 11.6 Å². The number of halogens is 1. The zero-order chi connectivity index (χ0) is 11.8. The Morgan fingerprint density at radius 1 is 1.24 bits per heavy atom. The molecule has 2 aromatic rings. The van der Waals surface area contributed by atoms with E-state index in [1.165, 1.54) is 0 Å². The van der Waals surface area contributed by atoms with Crippen LogP contribution < -0.4 is 5.63 Å². The predicted molar refractivity (Wildman–Crippen MR) is 69.2 cm³/mol. The molecule has 0 saturated heterocycles. The Kier molecular flexibility index (Phi) is 2.37. The number of rotatable bonds is 1. The lowest BCUT2D eigenvalue weighted by Gasteiger charge is -2.06. The number of allylic oxidation sites excluding steroid dienone is 4. The molecule has 0 atom stereocenters. The number of hydrogen-bond donors (Lipinski definition) is 0. The first-order chi connectivity index (χ1) is 8.27. The van der Waals surface area contributed by atoms with Gasteiger partial charge in [-0.1, -0.05) is 42.0 Å². The maximum Gasteiger partial charge on any atom is 0.345 e. The van der Waals surface area contributed by atoms with Gasteiger partial charge in [0.25, 0.3) is 0 Å². The Hall–Kier alpha value is -1.80. The summed E-state index contributed by atoms with van der Waals surface area (Å²) < 4.78 is 5.28. The van der Waals surface area contributed by atoms with E-state index in [9.17, 15) is 4.79 Å². The Bertz CT molecular complexity index is 708. The molecular formula is C14H9ClO2. The highest BCUT2D eigenvalue weighted by Crippen LogP contribution is 2.31. The van der Waals surface area contributed by atoms with Gasteiger partial charge in [-0.15, -0.1) is 0 Å². The van der Waals surface area contributed by atoms with Crippen LogP contribution in [-0.4, -0.2) is 0 Å². The van der Waals surface area contributed by atoms with Gasteiger partial charge in [-0.3, -0.25) is 0 Å². The van der Waals surface area contributed by atoms with Gasteiger partial charge in [0, 0.05) is 5.39 Å². The zero-order valence-electron chi connectivity index (χ0n) is 8.94. The normalized spacial score (nSPS) is 14.3. The molecule has 0 saturated carbocycles. The minimum Gasteiger partial charge on any atom is -0.422 e. The molecule has 0 aliphatic heterocycles. The van der Waals surface area contributed by atoms with Crippen LogP contribution in [0.15, 0.2) is 51.7 Å². The second-order valence-electron chi connectivity index (χ2n) is 3.90. The van der Waals surface area contributed by atoms with Crippen LogP contribution in [0.25, 0.3) is 16.5 Å². The highest BCUT2D eigenvalue weighted by molar-refractivity contribution is 6.37. The zero-order valence-corrected chi connectivity index (χ0v) is 9.70. The van der Waals surface area contributed by atoms with Gasteiger partial charge >= 0.3 is 5.63 Å². The second kappa shape index (κ2) is 3.90. The van der Waals surface area contributed by atoms with Gasteiger partial charge in [0.15, 0.2) is 0 Å². The van der Waals surface area contributed by atoms with E-state index in [-0.39, 0.29) is 5.63 Å². The number of hydrogen-bond acceptors (Lipinski definition) is 2. The maximum atomic E-state index is 11.9. The lowest BCUT2D eigenvalue weighted by Crippen LogP contribution is -2.07. The van der Waals surface area contributed by atoms with Crippen molar-refractivity contribution in [3.8, 4) is 0 Å². The molecule has 0 amide bonds. The van der Waals surface area contributed by atoms with E-state index < -0.39 is 0 Å². The lowest BCUT2D eigenvalue weighted by molar-refractivity contribution is 0.558. The topological polar surface area (TPSA) is 30.2 Å². The van der Waals surface area contributed by atoms with Crippen molar-refractivity contribution in [2.24, 2.45) is 0 Å². The van der Waals surface area contributed by atoms with Gasteiger partial charge in [0.05, 0.1) is 10.6 Å². The van der Waals surface area contributed by atoms with Gasteiger partial charge in [-0.25, -0.2) is 4.79 Å². The van der Waals surface area contributed by atoms with Crippen molar-refractivity contribution in [1.82, 2.24) is 0 Å². The van der Waals surface area contributed by atoms with Crippen LogP contribution in [0.1, 0.15) is 12.0 Å². The largest absolute Gasteiger partial charge is 0.422 e. The molecule has 3 rings (SSSR count). The summed E-state index contributed by atoms with van der Waals surface area (Å²) in [6.45, 7) is 0. The molecule has 0 N–H and O–H groups in total. The maximum absolute atomic E-state index is 11.9. The highest BCUT2D eigenvalue weighted by atomic mass is 35.5. The van der Waals surface area contributed by atoms with E-state index in [0.717, 1.165) is 17.4 Å². The van der Waals surface area contributed by atoms with Crippen LogP contribution in [0.3, 0.4) is 0 Å². The first-order valence-corrected chi connectivity index (χ1v) is 5.72. The van der Waals surface area contributed by atoms with Crippen molar-refractivity contribution in [3.05, 3.63) is 63.5 Å². The fourth-order valence-corrected chi connectivity index (χ4v) is 2.37. The fraction of sp³-hybridized carbons (Fsp3) is 0.0714. The van der Waals surface area contributed by atoms with E-state index in [2.05, 4.69) is 0 Å². The molecular weight excluding hydrogens is 236 g/mol. The molecule has 1 aliphatic rings. The van der Waals surface area contributed by atoms with Crippen LogP contribution in [0.2, 0.25) is 5.02 Å². The SMILES string of the molecule is O=c1oc2ccccc2c(Cl)c1C1=CC=CC1. The molecule has 0 bridgehead atoms. The van der Waals surface area contributed by atoms with E-state index in [0.29, 0.717) is 16.2 Å². The van der Waals surface area contributed by atoms with Gasteiger partial charge in [-0.2, -0.15) is 0 Å². The van der Waals surface area contributed by atoms with E-state index in [4.69, 9.17) is 16.0 Å². The molecule has 1 heterocycles. The third kappa shape index (κ3) is 1.61. The molecule has 0 spiro atoms. The third-order valence-electron chi connectivity index (χ3n) is 2.84.